The number of nitrogens with zero attached hydrogens (tertiary/aromatic N) is 4. The van der Waals surface area contributed by atoms with Gasteiger partial charge in [0, 0.05) is 46.3 Å². The number of benzene rings is 5. The number of pyridine rings is 2. The van der Waals surface area contributed by atoms with Crippen LogP contribution >= 0.6 is 0 Å². The first kappa shape index (κ1) is 27.6. The molecule has 0 unspecified atom stereocenters. The summed E-state index contributed by atoms with van der Waals surface area (Å²) in [6.07, 6.45) is 7.83. The molecule has 0 fully saturated rings. The molecule has 9 rings (SSSR count). The highest BCUT2D eigenvalue weighted by Crippen LogP contribution is 2.40. The fourth-order valence-corrected chi connectivity index (χ4v) is 7.45. The van der Waals surface area contributed by atoms with E-state index in [4.69, 9.17) is 14.7 Å². The van der Waals surface area contributed by atoms with Crippen LogP contribution in [0.25, 0.3) is 65.8 Å². The smallest absolute Gasteiger partial charge is 0.145 e. The molecule has 0 aliphatic carbocycles. The highest BCUT2D eigenvalue weighted by Gasteiger charge is 2.18. The normalized spacial score (nSPS) is 12.2. The Kier molecular flexibility index (Phi) is 6.13. The third-order valence-electron chi connectivity index (χ3n) is 9.64. The van der Waals surface area contributed by atoms with Crippen molar-refractivity contribution in [3.8, 4) is 22.6 Å². The van der Waals surface area contributed by atoms with Crippen molar-refractivity contribution in [1.82, 2.24) is 18.8 Å². The van der Waals surface area contributed by atoms with E-state index >= 15 is 0 Å². The van der Waals surface area contributed by atoms with Gasteiger partial charge in [0.05, 0.1) is 11.0 Å². The molecule has 5 nitrogen and oxygen atoms in total. The first-order valence-electron chi connectivity index (χ1n) is 16.4. The van der Waals surface area contributed by atoms with Gasteiger partial charge >= 0.3 is 0 Å². The molecule has 0 saturated carbocycles. The zero-order valence-electron chi connectivity index (χ0n) is 26.9. The quantitative estimate of drug-likeness (QED) is 0.182. The number of aromatic nitrogens is 4. The lowest BCUT2D eigenvalue weighted by Crippen LogP contribution is -2.00. The lowest BCUT2D eigenvalue weighted by Gasteiger charge is -2.20. The van der Waals surface area contributed by atoms with Gasteiger partial charge < -0.3 is 4.74 Å². The van der Waals surface area contributed by atoms with Crippen molar-refractivity contribution in [3.63, 3.8) is 0 Å². The number of ether oxygens (including phenoxy) is 1. The number of rotatable bonds is 5. The minimum Gasteiger partial charge on any atom is -0.457 e. The van der Waals surface area contributed by atoms with E-state index in [0.29, 0.717) is 11.8 Å². The van der Waals surface area contributed by atoms with Gasteiger partial charge in [-0.15, -0.1) is 0 Å². The van der Waals surface area contributed by atoms with Crippen molar-refractivity contribution in [1.29, 1.82) is 0 Å². The van der Waals surface area contributed by atoms with Crippen molar-refractivity contribution in [3.05, 3.63) is 133 Å². The van der Waals surface area contributed by atoms with Crippen molar-refractivity contribution in [2.24, 2.45) is 0 Å². The molecule has 4 aromatic heterocycles. The van der Waals surface area contributed by atoms with E-state index in [2.05, 4.69) is 134 Å². The van der Waals surface area contributed by atoms with Crippen molar-refractivity contribution in [2.75, 3.05) is 0 Å². The topological polar surface area (TPSA) is 43.8 Å². The maximum atomic E-state index is 6.54. The average molecular weight is 611 g/mol. The second kappa shape index (κ2) is 10.4. The Morgan fingerprint density at radius 1 is 0.511 bits per heavy atom. The van der Waals surface area contributed by atoms with E-state index in [-0.39, 0.29) is 0 Å². The van der Waals surface area contributed by atoms with Crippen molar-refractivity contribution >= 4 is 54.6 Å². The van der Waals surface area contributed by atoms with Crippen LogP contribution in [0.5, 0.6) is 11.5 Å². The van der Waals surface area contributed by atoms with Crippen molar-refractivity contribution < 1.29 is 4.74 Å². The van der Waals surface area contributed by atoms with Crippen LogP contribution in [0, 0.1) is 0 Å². The van der Waals surface area contributed by atoms with Gasteiger partial charge in [-0.1, -0.05) is 76.2 Å². The molecule has 5 aromatic carbocycles. The molecule has 0 aliphatic rings. The summed E-state index contributed by atoms with van der Waals surface area (Å²) in [5.74, 6) is 2.39. The summed E-state index contributed by atoms with van der Waals surface area (Å²) in [6, 6.07) is 34.8. The van der Waals surface area contributed by atoms with Gasteiger partial charge in [0.25, 0.3) is 0 Å². The predicted octanol–water partition coefficient (Wildman–Crippen LogP) is 11.3. The van der Waals surface area contributed by atoms with Crippen LogP contribution in [0.3, 0.4) is 0 Å². The van der Waals surface area contributed by atoms with E-state index in [0.717, 1.165) is 55.4 Å². The van der Waals surface area contributed by atoms with Gasteiger partial charge in [0.1, 0.15) is 22.8 Å². The number of hydrogen-bond acceptors (Lipinski definition) is 3. The molecule has 9 aromatic rings. The summed E-state index contributed by atoms with van der Waals surface area (Å²) in [7, 11) is 0. The molecule has 0 bridgehead atoms. The van der Waals surface area contributed by atoms with Gasteiger partial charge in [-0.2, -0.15) is 0 Å². The Labute approximate surface area is 272 Å². The Balaban J connectivity index is 1.18. The monoisotopic (exact) mass is 610 g/mol. The minimum absolute atomic E-state index is 0.426. The molecule has 0 saturated heterocycles. The molecule has 0 radical (unpaired) electrons. The summed E-state index contributed by atoms with van der Waals surface area (Å²) in [4.78, 5) is 9.53. The molecule has 228 valence electrons. The Morgan fingerprint density at radius 2 is 1.06 bits per heavy atom. The van der Waals surface area contributed by atoms with Crippen LogP contribution in [-0.2, 0) is 0 Å². The molecule has 0 atom stereocenters. The summed E-state index contributed by atoms with van der Waals surface area (Å²) in [5.41, 5.74) is 9.50. The SMILES string of the molecule is CC(C)c1cccc(C(C)C)c1-c1ccc2c3ccc(Oc4ccc5c6ccccc6n6ccnc6c5c4)cc3c3nccn3c2c1. The molecular formula is C42H34N4O. The van der Waals surface area contributed by atoms with Crippen LogP contribution in [0.4, 0.5) is 0 Å². The zero-order chi connectivity index (χ0) is 31.8. The molecule has 47 heavy (non-hydrogen) atoms. The molecular weight excluding hydrogens is 576 g/mol. The Bertz CT molecular complexity index is 2650. The highest BCUT2D eigenvalue weighted by molar-refractivity contribution is 6.13. The standard InChI is InChI=1S/C42H34N4O/c1-25(2)30-9-7-10-31(26(3)4)40(30)27-12-15-35-33-17-14-29(24-37(33)42-44-19-21-46(42)39(35)22-27)47-28-13-16-32-34-8-5-6-11-38(34)45-20-18-43-41(45)36(32)23-28/h5-26H,1-4H3. The fraction of sp³-hybridized carbons (Fsp3) is 0.143. The average Bonchev–Trinajstić information content (AvgIpc) is 3.79. The fourth-order valence-electron chi connectivity index (χ4n) is 7.45. The van der Waals surface area contributed by atoms with Gasteiger partial charge in [-0.25, -0.2) is 9.97 Å². The lowest BCUT2D eigenvalue weighted by molar-refractivity contribution is 0.484. The van der Waals surface area contributed by atoms with Gasteiger partial charge in [-0.3, -0.25) is 8.80 Å². The summed E-state index contributed by atoms with van der Waals surface area (Å²) >= 11 is 0. The summed E-state index contributed by atoms with van der Waals surface area (Å²) in [6.45, 7) is 9.12. The van der Waals surface area contributed by atoms with E-state index < -0.39 is 0 Å². The molecule has 0 amide bonds. The third-order valence-corrected chi connectivity index (χ3v) is 9.64. The van der Waals surface area contributed by atoms with E-state index in [1.807, 2.05) is 24.7 Å². The van der Waals surface area contributed by atoms with E-state index in [1.165, 1.54) is 33.0 Å². The van der Waals surface area contributed by atoms with E-state index in [9.17, 15) is 0 Å². The molecule has 4 heterocycles. The largest absolute Gasteiger partial charge is 0.457 e. The molecule has 5 heteroatoms. The first-order chi connectivity index (χ1) is 23.0. The highest BCUT2D eigenvalue weighted by atomic mass is 16.5. The Morgan fingerprint density at radius 3 is 1.68 bits per heavy atom. The molecule has 0 N–H and O–H groups in total. The number of imidazole rings is 2. The summed E-state index contributed by atoms with van der Waals surface area (Å²) in [5, 5.41) is 6.81. The van der Waals surface area contributed by atoms with Gasteiger partial charge in [-0.05, 0) is 93.4 Å². The van der Waals surface area contributed by atoms with Crippen LogP contribution < -0.4 is 4.74 Å². The van der Waals surface area contributed by atoms with Gasteiger partial charge in [0.2, 0.25) is 0 Å². The lowest BCUT2D eigenvalue weighted by atomic mass is 9.84. The maximum absolute atomic E-state index is 6.54. The first-order valence-corrected chi connectivity index (χ1v) is 16.4. The number of para-hydroxylation sites is 1. The van der Waals surface area contributed by atoms with Crippen LogP contribution in [0.15, 0.2) is 122 Å². The van der Waals surface area contributed by atoms with Crippen LogP contribution in [-0.4, -0.2) is 18.8 Å². The van der Waals surface area contributed by atoms with Crippen molar-refractivity contribution in [2.45, 2.75) is 39.5 Å². The Hall–Kier alpha value is -5.68. The minimum atomic E-state index is 0.426. The second-order valence-corrected chi connectivity index (χ2v) is 13.1. The number of fused-ring (bicyclic) bond motifs is 12. The molecule has 0 spiro atoms. The van der Waals surface area contributed by atoms with Crippen LogP contribution in [0.2, 0.25) is 0 Å². The third kappa shape index (κ3) is 4.23. The van der Waals surface area contributed by atoms with E-state index in [1.54, 1.807) is 0 Å². The van der Waals surface area contributed by atoms with Gasteiger partial charge in [0.15, 0.2) is 0 Å². The van der Waals surface area contributed by atoms with Crippen LogP contribution in [0.1, 0.15) is 50.7 Å². The number of hydrogen-bond donors (Lipinski definition) is 0. The maximum Gasteiger partial charge on any atom is 0.145 e. The molecule has 0 aliphatic heterocycles. The summed E-state index contributed by atoms with van der Waals surface area (Å²) < 4.78 is 10.9. The second-order valence-electron chi connectivity index (χ2n) is 13.1. The zero-order valence-corrected chi connectivity index (χ0v) is 26.9. The predicted molar refractivity (Wildman–Crippen MR) is 194 cm³/mol.